The van der Waals surface area contributed by atoms with E-state index in [4.69, 9.17) is 10.5 Å². The predicted octanol–water partition coefficient (Wildman–Crippen LogP) is 1.08. The first kappa shape index (κ1) is 18.5. The van der Waals surface area contributed by atoms with Gasteiger partial charge in [0.1, 0.15) is 6.26 Å². The quantitative estimate of drug-likeness (QED) is 0.486. The Kier molecular flexibility index (Phi) is 7.02. The Morgan fingerprint density at radius 3 is 2.80 bits per heavy atom. The molecule has 0 aliphatic carbocycles. The lowest BCUT2D eigenvalue weighted by molar-refractivity contribution is -0.123. The van der Waals surface area contributed by atoms with Crippen LogP contribution in [0.5, 0.6) is 5.88 Å². The smallest absolute Gasteiger partial charge is 0.254 e. The highest BCUT2D eigenvalue weighted by Gasteiger charge is 2.22. The third kappa shape index (κ3) is 5.96. The van der Waals surface area contributed by atoms with Gasteiger partial charge in [0.15, 0.2) is 12.4 Å². The number of aromatic nitrogens is 2. The van der Waals surface area contributed by atoms with Gasteiger partial charge in [0.05, 0.1) is 11.6 Å². The van der Waals surface area contributed by atoms with Crippen molar-refractivity contribution in [2.45, 2.75) is 25.3 Å². The van der Waals surface area contributed by atoms with Crippen LogP contribution in [-0.4, -0.2) is 41.0 Å². The Labute approximate surface area is 143 Å². The van der Waals surface area contributed by atoms with E-state index in [1.54, 1.807) is 0 Å². The summed E-state index contributed by atoms with van der Waals surface area (Å²) in [5.74, 6) is -1.33. The lowest BCUT2D eigenvalue weighted by Crippen LogP contribution is -2.43. The summed E-state index contributed by atoms with van der Waals surface area (Å²) in [6.07, 6.45) is 4.24. The maximum Gasteiger partial charge on any atom is 0.254 e. The van der Waals surface area contributed by atoms with Crippen LogP contribution >= 0.6 is 0 Å². The van der Waals surface area contributed by atoms with E-state index in [1.807, 2.05) is 0 Å². The number of carbonyl (C=O) groups is 2. The van der Waals surface area contributed by atoms with Crippen molar-refractivity contribution in [1.82, 2.24) is 15.5 Å². The van der Waals surface area contributed by atoms with Crippen molar-refractivity contribution in [2.75, 3.05) is 13.2 Å². The van der Waals surface area contributed by atoms with Gasteiger partial charge < -0.3 is 20.3 Å². The third-order valence-electron chi connectivity index (χ3n) is 3.41. The summed E-state index contributed by atoms with van der Waals surface area (Å²) < 4.78 is 22.7. The predicted molar refractivity (Wildman–Crippen MR) is 85.4 cm³/mol. The van der Waals surface area contributed by atoms with Crippen molar-refractivity contribution in [3.05, 3.63) is 42.2 Å². The standard InChI is InChI=1S/C16H19FN4O4/c17-14-5-4-11(9-19-14)16(23)20-12(3-1-2-7-18)13(22)10-24-15-6-8-25-21-15/h4-6,8-9,12H,1-3,7,10,18H2,(H,20,23). The largest absolute Gasteiger partial charge is 0.467 e. The monoisotopic (exact) mass is 350 g/mol. The lowest BCUT2D eigenvalue weighted by atomic mass is 10.0. The molecule has 1 atom stereocenters. The first-order valence-electron chi connectivity index (χ1n) is 7.78. The van der Waals surface area contributed by atoms with E-state index in [2.05, 4.69) is 20.0 Å². The Balaban J connectivity index is 1.96. The fraction of sp³-hybridized carbons (Fsp3) is 0.375. The molecule has 3 N–H and O–H groups in total. The van der Waals surface area contributed by atoms with E-state index in [0.717, 1.165) is 18.7 Å². The van der Waals surface area contributed by atoms with Crippen LogP contribution in [-0.2, 0) is 4.79 Å². The first-order valence-corrected chi connectivity index (χ1v) is 7.78. The Morgan fingerprint density at radius 1 is 1.32 bits per heavy atom. The average molecular weight is 350 g/mol. The second-order valence-corrected chi connectivity index (χ2v) is 5.27. The molecule has 0 saturated carbocycles. The Hall–Kier alpha value is -2.81. The molecule has 1 unspecified atom stereocenters. The molecule has 0 saturated heterocycles. The molecule has 2 aromatic rings. The van der Waals surface area contributed by atoms with Crippen LogP contribution in [0.15, 0.2) is 35.2 Å². The minimum absolute atomic E-state index is 0.162. The van der Waals surface area contributed by atoms with E-state index in [1.165, 1.54) is 18.4 Å². The molecule has 2 heterocycles. The molecule has 25 heavy (non-hydrogen) atoms. The molecule has 134 valence electrons. The minimum atomic E-state index is -0.754. The molecule has 2 aromatic heterocycles. The number of halogens is 1. The topological polar surface area (TPSA) is 120 Å². The Bertz CT molecular complexity index is 676. The number of nitrogens with zero attached hydrogens (tertiary/aromatic N) is 2. The van der Waals surface area contributed by atoms with Crippen molar-refractivity contribution in [3.8, 4) is 5.88 Å². The maximum atomic E-state index is 12.8. The zero-order valence-corrected chi connectivity index (χ0v) is 13.5. The van der Waals surface area contributed by atoms with E-state index in [-0.39, 0.29) is 23.8 Å². The van der Waals surface area contributed by atoms with Gasteiger partial charge in [-0.25, -0.2) is 4.98 Å². The zero-order valence-electron chi connectivity index (χ0n) is 13.5. The summed E-state index contributed by atoms with van der Waals surface area (Å²) in [6, 6.07) is 3.09. The van der Waals surface area contributed by atoms with E-state index >= 15 is 0 Å². The summed E-state index contributed by atoms with van der Waals surface area (Å²) in [5, 5.41) is 6.17. The van der Waals surface area contributed by atoms with Crippen LogP contribution in [0, 0.1) is 5.95 Å². The molecule has 0 fully saturated rings. The second-order valence-electron chi connectivity index (χ2n) is 5.27. The number of ketones is 1. The number of pyridine rings is 1. The van der Waals surface area contributed by atoms with Crippen molar-refractivity contribution in [1.29, 1.82) is 0 Å². The van der Waals surface area contributed by atoms with Crippen molar-refractivity contribution in [2.24, 2.45) is 5.73 Å². The molecule has 0 spiro atoms. The average Bonchev–Trinajstić information content (AvgIpc) is 3.13. The van der Waals surface area contributed by atoms with Crippen molar-refractivity contribution < 1.29 is 23.2 Å². The minimum Gasteiger partial charge on any atom is -0.467 e. The summed E-state index contributed by atoms with van der Waals surface area (Å²) >= 11 is 0. The fourth-order valence-corrected chi connectivity index (χ4v) is 2.08. The molecule has 1 amide bonds. The number of hydrogen-bond donors (Lipinski definition) is 2. The van der Waals surface area contributed by atoms with Crippen LogP contribution in [0.3, 0.4) is 0 Å². The number of amides is 1. The molecule has 2 rings (SSSR count). The highest BCUT2D eigenvalue weighted by molar-refractivity contribution is 5.98. The van der Waals surface area contributed by atoms with Gasteiger partial charge >= 0.3 is 0 Å². The van der Waals surface area contributed by atoms with Gasteiger partial charge in [-0.1, -0.05) is 0 Å². The number of unbranched alkanes of at least 4 members (excludes halogenated alkanes) is 1. The molecular formula is C16H19FN4O4. The highest BCUT2D eigenvalue weighted by Crippen LogP contribution is 2.08. The van der Waals surface area contributed by atoms with Crippen LogP contribution in [0.1, 0.15) is 29.6 Å². The molecule has 0 aliphatic rings. The van der Waals surface area contributed by atoms with Gasteiger partial charge in [0, 0.05) is 12.3 Å². The van der Waals surface area contributed by atoms with Crippen molar-refractivity contribution in [3.63, 3.8) is 0 Å². The number of rotatable bonds is 10. The van der Waals surface area contributed by atoms with Crippen LogP contribution in [0.25, 0.3) is 0 Å². The number of hydrogen-bond acceptors (Lipinski definition) is 7. The number of nitrogens with one attached hydrogen (secondary N) is 1. The van der Waals surface area contributed by atoms with Gasteiger partial charge in [-0.2, -0.15) is 4.39 Å². The summed E-state index contributed by atoms with van der Waals surface area (Å²) in [4.78, 5) is 28.0. The summed E-state index contributed by atoms with van der Waals surface area (Å²) in [6.45, 7) is 0.230. The van der Waals surface area contributed by atoms with Gasteiger partial charge in [-0.05, 0) is 43.1 Å². The Morgan fingerprint density at radius 2 is 2.16 bits per heavy atom. The van der Waals surface area contributed by atoms with E-state index in [0.29, 0.717) is 19.4 Å². The maximum absolute atomic E-state index is 12.8. The summed E-state index contributed by atoms with van der Waals surface area (Å²) in [5.41, 5.74) is 5.62. The van der Waals surface area contributed by atoms with Gasteiger partial charge in [-0.3, -0.25) is 9.59 Å². The van der Waals surface area contributed by atoms with Gasteiger partial charge in [0.25, 0.3) is 11.8 Å². The third-order valence-corrected chi connectivity index (χ3v) is 3.41. The molecule has 8 nitrogen and oxygen atoms in total. The molecular weight excluding hydrogens is 331 g/mol. The fourth-order valence-electron chi connectivity index (χ4n) is 2.08. The normalized spacial score (nSPS) is 11.8. The van der Waals surface area contributed by atoms with Crippen LogP contribution < -0.4 is 15.8 Å². The zero-order chi connectivity index (χ0) is 18.1. The van der Waals surface area contributed by atoms with Gasteiger partial charge in [-0.15, -0.1) is 0 Å². The SMILES string of the molecule is NCCCCC(NC(=O)c1ccc(F)nc1)C(=O)COc1ccon1. The molecule has 0 aromatic carbocycles. The van der Waals surface area contributed by atoms with Crippen LogP contribution in [0.4, 0.5) is 4.39 Å². The van der Waals surface area contributed by atoms with Gasteiger partial charge in [0.2, 0.25) is 5.95 Å². The van der Waals surface area contributed by atoms with E-state index < -0.39 is 17.9 Å². The number of Topliss-reactive ketones (excluding diaryl/α,β-unsaturated/α-hetero) is 1. The number of nitrogens with two attached hydrogens (primary N) is 1. The molecule has 0 aliphatic heterocycles. The lowest BCUT2D eigenvalue weighted by Gasteiger charge is -2.17. The number of ether oxygens (including phenoxy) is 1. The molecule has 0 radical (unpaired) electrons. The van der Waals surface area contributed by atoms with Crippen LogP contribution in [0.2, 0.25) is 0 Å². The summed E-state index contributed by atoms with van der Waals surface area (Å²) in [7, 11) is 0. The highest BCUT2D eigenvalue weighted by atomic mass is 19.1. The van der Waals surface area contributed by atoms with E-state index in [9.17, 15) is 14.0 Å². The first-order chi connectivity index (χ1) is 12.1. The van der Waals surface area contributed by atoms with Crippen molar-refractivity contribution >= 4 is 11.7 Å². The number of carbonyl (C=O) groups excluding carboxylic acids is 2. The second kappa shape index (κ2) is 9.48. The molecule has 0 bridgehead atoms. The molecule has 9 heteroatoms.